The van der Waals surface area contributed by atoms with Gasteiger partial charge in [-0.25, -0.2) is 4.79 Å². The monoisotopic (exact) mass is 480 g/mol. The summed E-state index contributed by atoms with van der Waals surface area (Å²) in [6.45, 7) is 11.8. The average molecular weight is 481 g/mol. The number of halogens is 1. The Morgan fingerprint density at radius 2 is 1.67 bits per heavy atom. The van der Waals surface area contributed by atoms with E-state index < -0.39 is 5.60 Å². The highest BCUT2D eigenvalue weighted by atomic mass is 79.9. The first kappa shape index (κ1) is 23.6. The van der Waals surface area contributed by atoms with E-state index in [0.717, 1.165) is 56.3 Å². The third kappa shape index (κ3) is 5.77. The molecule has 1 aromatic rings. The molecular weight excluding hydrogens is 444 g/mol. The Kier molecular flexibility index (Phi) is 7.52. The molecule has 168 valence electrons. The minimum Gasteiger partial charge on any atom is -0.444 e. The van der Waals surface area contributed by atoms with Crippen LogP contribution in [0.1, 0.15) is 65.0 Å². The highest BCUT2D eigenvalue weighted by Gasteiger charge is 2.40. The van der Waals surface area contributed by atoms with E-state index in [1.807, 2.05) is 32.8 Å². The average Bonchev–Trinajstić information content (AvgIpc) is 2.69. The fourth-order valence-electron chi connectivity index (χ4n) is 4.81. The third-order valence-electron chi connectivity index (χ3n) is 6.68. The molecule has 1 atom stereocenters. The smallest absolute Gasteiger partial charge is 0.410 e. The Labute approximate surface area is 190 Å². The van der Waals surface area contributed by atoms with E-state index in [1.165, 1.54) is 5.56 Å². The predicted molar refractivity (Wildman–Crippen MR) is 124 cm³/mol. The van der Waals surface area contributed by atoms with Gasteiger partial charge in [0.25, 0.3) is 0 Å². The lowest BCUT2D eigenvalue weighted by atomic mass is 9.82. The van der Waals surface area contributed by atoms with E-state index in [9.17, 15) is 4.79 Å². The number of piperidine rings is 2. The van der Waals surface area contributed by atoms with E-state index in [1.54, 1.807) is 0 Å². The molecule has 0 aliphatic carbocycles. The minimum atomic E-state index is -0.438. The maximum atomic E-state index is 12.4. The molecule has 0 saturated carbocycles. The molecule has 2 heterocycles. The molecule has 2 fully saturated rings. The van der Waals surface area contributed by atoms with Crippen molar-refractivity contribution < 1.29 is 14.3 Å². The second-order valence-electron chi connectivity index (χ2n) is 10.00. The van der Waals surface area contributed by atoms with E-state index in [4.69, 9.17) is 9.47 Å². The molecule has 0 N–H and O–H groups in total. The Morgan fingerprint density at radius 3 is 2.17 bits per heavy atom. The predicted octanol–water partition coefficient (Wildman–Crippen LogP) is 5.64. The summed E-state index contributed by atoms with van der Waals surface area (Å²) in [5.74, 6) is 0.540. The molecule has 2 aliphatic rings. The van der Waals surface area contributed by atoms with Crippen LogP contribution in [0.25, 0.3) is 0 Å². The van der Waals surface area contributed by atoms with Crippen LogP contribution in [0, 0.1) is 5.92 Å². The number of methoxy groups -OCH3 is 1. The summed E-state index contributed by atoms with van der Waals surface area (Å²) in [6, 6.07) is 8.52. The number of carbonyl (C=O) groups is 1. The van der Waals surface area contributed by atoms with Gasteiger partial charge in [0.05, 0.1) is 6.10 Å². The van der Waals surface area contributed by atoms with Crippen LogP contribution in [0.4, 0.5) is 4.79 Å². The van der Waals surface area contributed by atoms with Crippen LogP contribution in [0.2, 0.25) is 0 Å². The molecule has 5 nitrogen and oxygen atoms in total. The quantitative estimate of drug-likeness (QED) is 0.559. The Morgan fingerprint density at radius 1 is 1.10 bits per heavy atom. The van der Waals surface area contributed by atoms with Gasteiger partial charge in [-0.3, -0.25) is 4.90 Å². The van der Waals surface area contributed by atoms with Gasteiger partial charge < -0.3 is 14.4 Å². The van der Waals surface area contributed by atoms with Crippen molar-refractivity contribution in [2.24, 2.45) is 5.92 Å². The number of carbonyl (C=O) groups excluding carboxylic acids is 1. The molecular formula is C24H37BrN2O3. The summed E-state index contributed by atoms with van der Waals surface area (Å²) in [4.78, 5) is 16.9. The molecule has 1 unspecified atom stereocenters. The van der Waals surface area contributed by atoms with Crippen molar-refractivity contribution in [3.63, 3.8) is 0 Å². The molecule has 1 amide bonds. The first-order valence-electron chi connectivity index (χ1n) is 11.1. The molecule has 6 heteroatoms. The Bertz CT molecular complexity index is 700. The Balaban J connectivity index is 1.53. The normalized spacial score (nSPS) is 22.0. The number of nitrogens with zero attached hydrogens (tertiary/aromatic N) is 2. The summed E-state index contributed by atoms with van der Waals surface area (Å²) in [5.41, 5.74) is 0.979. The van der Waals surface area contributed by atoms with E-state index in [-0.39, 0.29) is 17.7 Å². The highest BCUT2D eigenvalue weighted by Crippen LogP contribution is 2.38. The lowest BCUT2D eigenvalue weighted by molar-refractivity contribution is -0.0298. The fourth-order valence-corrected chi connectivity index (χ4v) is 5.07. The molecule has 0 aromatic heterocycles. The zero-order valence-corrected chi connectivity index (χ0v) is 20.7. The van der Waals surface area contributed by atoms with Gasteiger partial charge in [-0.2, -0.15) is 0 Å². The lowest BCUT2D eigenvalue weighted by Gasteiger charge is -2.49. The van der Waals surface area contributed by atoms with Gasteiger partial charge >= 0.3 is 6.09 Å². The van der Waals surface area contributed by atoms with Crippen molar-refractivity contribution in [1.82, 2.24) is 9.80 Å². The first-order chi connectivity index (χ1) is 14.1. The van der Waals surface area contributed by atoms with Gasteiger partial charge in [0.15, 0.2) is 0 Å². The van der Waals surface area contributed by atoms with Crippen LogP contribution in [-0.4, -0.2) is 60.3 Å². The first-order valence-corrected chi connectivity index (χ1v) is 11.9. The van der Waals surface area contributed by atoms with Gasteiger partial charge in [0, 0.05) is 30.2 Å². The van der Waals surface area contributed by atoms with Crippen molar-refractivity contribution >= 4 is 22.0 Å². The third-order valence-corrected chi connectivity index (χ3v) is 7.20. The van der Waals surface area contributed by atoms with Crippen molar-refractivity contribution in [2.45, 2.75) is 70.6 Å². The van der Waals surface area contributed by atoms with Crippen LogP contribution in [0.5, 0.6) is 0 Å². The van der Waals surface area contributed by atoms with Gasteiger partial charge in [-0.15, -0.1) is 0 Å². The zero-order valence-electron chi connectivity index (χ0n) is 19.1. The second kappa shape index (κ2) is 9.58. The van der Waals surface area contributed by atoms with E-state index in [0.29, 0.717) is 5.92 Å². The molecule has 30 heavy (non-hydrogen) atoms. The summed E-state index contributed by atoms with van der Waals surface area (Å²) in [7, 11) is 1.83. The lowest BCUT2D eigenvalue weighted by Crippen LogP contribution is -2.57. The summed E-state index contributed by atoms with van der Waals surface area (Å²) in [6.07, 6.45) is 4.25. The number of rotatable bonds is 4. The Hall–Kier alpha value is -1.11. The minimum absolute atomic E-state index is 0.155. The van der Waals surface area contributed by atoms with Crippen molar-refractivity contribution in [3.8, 4) is 0 Å². The number of hydrogen-bond donors (Lipinski definition) is 0. The number of benzene rings is 1. The van der Waals surface area contributed by atoms with Gasteiger partial charge in [0.1, 0.15) is 5.60 Å². The maximum absolute atomic E-state index is 12.4. The standard InChI is InChI=1S/C24H37BrN2O3/c1-23(2,3)30-22(28)26-16-12-24(4,13-17-26)27-14-10-19(11-15-27)21(29-5)18-6-8-20(25)9-7-18/h6-9,19,21H,10-17H2,1-5H3. The van der Waals surface area contributed by atoms with Crippen molar-refractivity contribution in [1.29, 1.82) is 0 Å². The van der Waals surface area contributed by atoms with E-state index in [2.05, 4.69) is 52.0 Å². The van der Waals surface area contributed by atoms with Gasteiger partial charge in [0.2, 0.25) is 0 Å². The number of ether oxygens (including phenoxy) is 2. The van der Waals surface area contributed by atoms with Crippen LogP contribution in [0.15, 0.2) is 28.7 Å². The molecule has 0 bridgehead atoms. The summed E-state index contributed by atoms with van der Waals surface area (Å²) < 4.78 is 12.6. The van der Waals surface area contributed by atoms with Crippen LogP contribution in [-0.2, 0) is 9.47 Å². The number of amides is 1. The molecule has 3 rings (SSSR count). The van der Waals surface area contributed by atoms with Crippen LogP contribution >= 0.6 is 15.9 Å². The largest absolute Gasteiger partial charge is 0.444 e. The van der Waals surface area contributed by atoms with Crippen molar-refractivity contribution in [3.05, 3.63) is 34.3 Å². The number of hydrogen-bond acceptors (Lipinski definition) is 4. The SMILES string of the molecule is COC(c1ccc(Br)cc1)C1CCN(C2(C)CCN(C(=O)OC(C)(C)C)CC2)CC1. The van der Waals surface area contributed by atoms with Gasteiger partial charge in [-0.05, 0) is 90.1 Å². The molecule has 0 spiro atoms. The maximum Gasteiger partial charge on any atom is 0.410 e. The van der Waals surface area contributed by atoms with Crippen molar-refractivity contribution in [2.75, 3.05) is 33.3 Å². The molecule has 2 saturated heterocycles. The van der Waals surface area contributed by atoms with E-state index >= 15 is 0 Å². The van der Waals surface area contributed by atoms with Crippen LogP contribution < -0.4 is 0 Å². The topological polar surface area (TPSA) is 42.0 Å². The molecule has 0 radical (unpaired) electrons. The highest BCUT2D eigenvalue weighted by molar-refractivity contribution is 9.10. The van der Waals surface area contributed by atoms with Crippen LogP contribution in [0.3, 0.4) is 0 Å². The second-order valence-corrected chi connectivity index (χ2v) is 10.9. The zero-order chi connectivity index (χ0) is 21.9. The fraction of sp³-hybridized carbons (Fsp3) is 0.708. The van der Waals surface area contributed by atoms with Gasteiger partial charge in [-0.1, -0.05) is 28.1 Å². The summed E-state index contributed by atoms with van der Waals surface area (Å²) in [5, 5.41) is 0. The number of likely N-dealkylation sites (tertiary alicyclic amines) is 2. The molecule has 1 aromatic carbocycles. The molecule has 2 aliphatic heterocycles. The summed E-state index contributed by atoms with van der Waals surface area (Å²) >= 11 is 3.52.